The van der Waals surface area contributed by atoms with Crippen molar-refractivity contribution in [3.8, 4) is 0 Å². The number of hydrogen-bond donors (Lipinski definition) is 0. The number of aryl methyl sites for hydroxylation is 2. The zero-order chi connectivity index (χ0) is 11.3. The van der Waals surface area contributed by atoms with Crippen molar-refractivity contribution >= 4 is 6.08 Å². The lowest BCUT2D eigenvalue weighted by molar-refractivity contribution is 0.918. The van der Waals surface area contributed by atoms with Crippen molar-refractivity contribution in [2.45, 2.75) is 47.0 Å². The summed E-state index contributed by atoms with van der Waals surface area (Å²) < 4.78 is 0. The van der Waals surface area contributed by atoms with Gasteiger partial charge in [-0.3, -0.25) is 0 Å². The van der Waals surface area contributed by atoms with E-state index >= 15 is 0 Å². The molecule has 15 heavy (non-hydrogen) atoms. The van der Waals surface area contributed by atoms with Crippen LogP contribution >= 0.6 is 0 Å². The minimum absolute atomic E-state index is 1.15. The molecule has 0 saturated heterocycles. The Kier molecular flexibility index (Phi) is 4.61. The van der Waals surface area contributed by atoms with E-state index in [9.17, 15) is 0 Å². The van der Waals surface area contributed by atoms with Crippen LogP contribution in [0.1, 0.15) is 50.8 Å². The van der Waals surface area contributed by atoms with Gasteiger partial charge in [-0.15, -0.1) is 0 Å². The van der Waals surface area contributed by atoms with Crippen LogP contribution in [0.2, 0.25) is 0 Å². The van der Waals surface area contributed by atoms with Crippen molar-refractivity contribution in [3.05, 3.63) is 40.5 Å². The molecule has 0 aliphatic heterocycles. The van der Waals surface area contributed by atoms with Crippen molar-refractivity contribution in [2.75, 3.05) is 0 Å². The summed E-state index contributed by atoms with van der Waals surface area (Å²) in [6, 6.07) is 6.69. The summed E-state index contributed by atoms with van der Waals surface area (Å²) in [5.41, 5.74) is 6.05. The number of rotatable bonds is 1. The van der Waals surface area contributed by atoms with Crippen molar-refractivity contribution < 1.29 is 0 Å². The highest BCUT2D eigenvalue weighted by Crippen LogP contribution is 2.26. The molecule has 0 radical (unpaired) electrons. The monoisotopic (exact) mass is 202 g/mol. The Bertz CT molecular complexity index is 345. The summed E-state index contributed by atoms with van der Waals surface area (Å²) >= 11 is 0. The first-order chi connectivity index (χ1) is 7.31. The lowest BCUT2D eigenvalue weighted by Crippen LogP contribution is -2.00. The topological polar surface area (TPSA) is 0 Å². The SMILES string of the molecule is CC.CCc1cccc2c1C=C(C)CC2. The maximum Gasteiger partial charge on any atom is -0.0193 e. The molecule has 0 aromatic heterocycles. The lowest BCUT2D eigenvalue weighted by Gasteiger charge is -2.16. The van der Waals surface area contributed by atoms with Crippen LogP contribution < -0.4 is 0 Å². The average molecular weight is 202 g/mol. The molecule has 0 spiro atoms. The zero-order valence-electron chi connectivity index (χ0n) is 10.4. The smallest absolute Gasteiger partial charge is 0.0193 e. The third kappa shape index (κ3) is 2.71. The second-order valence-corrected chi connectivity index (χ2v) is 3.83. The van der Waals surface area contributed by atoms with E-state index in [1.54, 1.807) is 0 Å². The van der Waals surface area contributed by atoms with E-state index in [4.69, 9.17) is 0 Å². The number of allylic oxidation sites excluding steroid dienone is 1. The van der Waals surface area contributed by atoms with E-state index in [0.717, 1.165) is 6.42 Å². The fourth-order valence-electron chi connectivity index (χ4n) is 2.03. The molecule has 0 bridgehead atoms. The molecule has 0 heteroatoms. The molecule has 1 aromatic rings. The van der Waals surface area contributed by atoms with Gasteiger partial charge in [-0.2, -0.15) is 0 Å². The van der Waals surface area contributed by atoms with Gasteiger partial charge in [-0.05, 0) is 42.9 Å². The van der Waals surface area contributed by atoms with Gasteiger partial charge in [0.05, 0.1) is 0 Å². The Morgan fingerprint density at radius 2 is 1.87 bits per heavy atom. The summed E-state index contributed by atoms with van der Waals surface area (Å²) in [5, 5.41) is 0. The Labute approximate surface area is 94.0 Å². The molecule has 1 aliphatic carbocycles. The molecular formula is C15H22. The Morgan fingerprint density at radius 1 is 1.13 bits per heavy atom. The van der Waals surface area contributed by atoms with Crippen molar-refractivity contribution in [3.63, 3.8) is 0 Å². The second-order valence-electron chi connectivity index (χ2n) is 3.83. The van der Waals surface area contributed by atoms with Crippen LogP contribution in [0.15, 0.2) is 23.8 Å². The quantitative estimate of drug-likeness (QED) is 0.623. The predicted octanol–water partition coefficient (Wildman–Crippen LogP) is 4.62. The van der Waals surface area contributed by atoms with Gasteiger partial charge in [0.1, 0.15) is 0 Å². The number of benzene rings is 1. The van der Waals surface area contributed by atoms with Gasteiger partial charge in [-0.25, -0.2) is 0 Å². The van der Waals surface area contributed by atoms with E-state index in [1.807, 2.05) is 13.8 Å². The third-order valence-corrected chi connectivity index (χ3v) is 2.85. The van der Waals surface area contributed by atoms with E-state index in [-0.39, 0.29) is 0 Å². The number of fused-ring (bicyclic) bond motifs is 1. The van der Waals surface area contributed by atoms with Gasteiger partial charge in [0.15, 0.2) is 0 Å². The highest BCUT2D eigenvalue weighted by molar-refractivity contribution is 5.62. The van der Waals surface area contributed by atoms with E-state index in [2.05, 4.69) is 38.1 Å². The molecule has 0 atom stereocenters. The molecule has 1 aliphatic rings. The van der Waals surface area contributed by atoms with Crippen LogP contribution in [-0.4, -0.2) is 0 Å². The van der Waals surface area contributed by atoms with Crippen LogP contribution in [0.25, 0.3) is 6.08 Å². The molecule has 0 amide bonds. The first kappa shape index (κ1) is 12.0. The number of hydrogen-bond acceptors (Lipinski definition) is 0. The molecule has 82 valence electrons. The highest BCUT2D eigenvalue weighted by atomic mass is 14.1. The molecule has 2 rings (SSSR count). The Hall–Kier alpha value is -1.04. The lowest BCUT2D eigenvalue weighted by atomic mass is 9.89. The maximum atomic E-state index is 2.36. The van der Waals surface area contributed by atoms with Gasteiger partial charge in [-0.1, -0.05) is 50.6 Å². The molecule has 0 fully saturated rings. The van der Waals surface area contributed by atoms with Crippen LogP contribution in [0, 0.1) is 0 Å². The zero-order valence-corrected chi connectivity index (χ0v) is 10.4. The standard InChI is InChI=1S/C13H16.C2H6/c1-3-11-5-4-6-12-8-7-10(2)9-13(11)12;1-2/h4-6,9H,3,7-8H2,1-2H3;1-2H3. The van der Waals surface area contributed by atoms with E-state index < -0.39 is 0 Å². The molecule has 0 nitrogen and oxygen atoms in total. The minimum atomic E-state index is 1.15. The molecule has 0 unspecified atom stereocenters. The van der Waals surface area contributed by atoms with Crippen LogP contribution in [0.3, 0.4) is 0 Å². The van der Waals surface area contributed by atoms with E-state index in [1.165, 1.54) is 35.1 Å². The Balaban J connectivity index is 0.000000531. The molecule has 0 N–H and O–H groups in total. The summed E-state index contributed by atoms with van der Waals surface area (Å²) in [5.74, 6) is 0. The maximum absolute atomic E-state index is 2.36. The van der Waals surface area contributed by atoms with E-state index in [0.29, 0.717) is 0 Å². The van der Waals surface area contributed by atoms with Gasteiger partial charge in [0.2, 0.25) is 0 Å². The molecular weight excluding hydrogens is 180 g/mol. The van der Waals surface area contributed by atoms with Crippen LogP contribution in [0.4, 0.5) is 0 Å². The van der Waals surface area contributed by atoms with Gasteiger partial charge >= 0.3 is 0 Å². The fraction of sp³-hybridized carbons (Fsp3) is 0.467. The first-order valence-corrected chi connectivity index (χ1v) is 6.09. The summed E-state index contributed by atoms with van der Waals surface area (Å²) in [4.78, 5) is 0. The molecule has 0 heterocycles. The van der Waals surface area contributed by atoms with Crippen LogP contribution in [0.5, 0.6) is 0 Å². The minimum Gasteiger partial charge on any atom is -0.0724 e. The first-order valence-electron chi connectivity index (χ1n) is 6.09. The van der Waals surface area contributed by atoms with Crippen LogP contribution in [-0.2, 0) is 12.8 Å². The highest BCUT2D eigenvalue weighted by Gasteiger charge is 2.09. The summed E-state index contributed by atoms with van der Waals surface area (Å²) in [7, 11) is 0. The summed E-state index contributed by atoms with van der Waals surface area (Å²) in [6.45, 7) is 8.46. The Morgan fingerprint density at radius 3 is 2.53 bits per heavy atom. The van der Waals surface area contributed by atoms with Gasteiger partial charge in [0.25, 0.3) is 0 Å². The third-order valence-electron chi connectivity index (χ3n) is 2.85. The van der Waals surface area contributed by atoms with Crippen molar-refractivity contribution in [2.24, 2.45) is 0 Å². The fourth-order valence-corrected chi connectivity index (χ4v) is 2.03. The molecule has 0 saturated carbocycles. The summed E-state index contributed by atoms with van der Waals surface area (Å²) in [6.07, 6.45) is 5.97. The second kappa shape index (κ2) is 5.75. The van der Waals surface area contributed by atoms with Crippen molar-refractivity contribution in [1.29, 1.82) is 0 Å². The normalized spacial score (nSPS) is 13.5. The predicted molar refractivity (Wildman–Crippen MR) is 69.1 cm³/mol. The largest absolute Gasteiger partial charge is 0.0724 e. The average Bonchev–Trinajstić information content (AvgIpc) is 2.31. The van der Waals surface area contributed by atoms with Gasteiger partial charge in [0, 0.05) is 0 Å². The van der Waals surface area contributed by atoms with Gasteiger partial charge < -0.3 is 0 Å². The van der Waals surface area contributed by atoms with Crippen molar-refractivity contribution in [1.82, 2.24) is 0 Å². The molecule has 1 aromatic carbocycles.